The van der Waals surface area contributed by atoms with Gasteiger partial charge in [-0.15, -0.1) is 0 Å². The van der Waals surface area contributed by atoms with Gasteiger partial charge < -0.3 is 9.84 Å². The van der Waals surface area contributed by atoms with Crippen molar-refractivity contribution in [2.75, 3.05) is 0 Å². The Morgan fingerprint density at radius 3 is 2.69 bits per heavy atom. The third-order valence-electron chi connectivity index (χ3n) is 1.39. The lowest BCUT2D eigenvalue weighted by Gasteiger charge is -2.06. The van der Waals surface area contributed by atoms with E-state index in [9.17, 15) is 4.79 Å². The van der Waals surface area contributed by atoms with Gasteiger partial charge in [0.15, 0.2) is 0 Å². The minimum absolute atomic E-state index is 0.411. The molecule has 0 bridgehead atoms. The van der Waals surface area contributed by atoms with Crippen molar-refractivity contribution in [3.8, 4) is 5.75 Å². The van der Waals surface area contributed by atoms with Crippen molar-refractivity contribution < 1.29 is 14.6 Å². The summed E-state index contributed by atoms with van der Waals surface area (Å²) < 4.78 is 5.56. The van der Waals surface area contributed by atoms with Crippen LogP contribution in [0.1, 0.15) is 6.92 Å². The number of carbonyl (C=O) groups is 1. The average Bonchev–Trinajstić information content (AvgIpc) is 2.08. The molecular formula is C9H9BrO3. The topological polar surface area (TPSA) is 46.5 Å². The van der Waals surface area contributed by atoms with Crippen molar-refractivity contribution in [2.45, 2.75) is 13.0 Å². The summed E-state index contributed by atoms with van der Waals surface area (Å²) in [7, 11) is 0. The van der Waals surface area contributed by atoms with Crippen LogP contribution in [-0.2, 0) is 4.79 Å². The third-order valence-corrected chi connectivity index (χ3v) is 2.04. The van der Waals surface area contributed by atoms with Crippen LogP contribution in [0.5, 0.6) is 5.75 Å². The Balaban J connectivity index is 2.75. The Bertz CT molecular complexity index is 309. The van der Waals surface area contributed by atoms with E-state index in [4.69, 9.17) is 9.84 Å². The van der Waals surface area contributed by atoms with Crippen molar-refractivity contribution in [1.82, 2.24) is 0 Å². The molecule has 13 heavy (non-hydrogen) atoms. The third kappa shape index (κ3) is 2.82. The molecule has 0 saturated carbocycles. The lowest BCUT2D eigenvalue weighted by molar-refractivity contribution is -0.142. The molecule has 0 radical (unpaired) electrons. The van der Waals surface area contributed by atoms with Crippen LogP contribution < -0.4 is 4.74 Å². The SMILES string of the molecule is C[C@@H](O)C(=O)Oc1ccccc1Br. The highest BCUT2D eigenvalue weighted by Crippen LogP contribution is 2.23. The molecule has 1 aromatic rings. The molecule has 1 rings (SSSR count). The van der Waals surface area contributed by atoms with E-state index in [2.05, 4.69) is 15.9 Å². The molecule has 1 N–H and O–H groups in total. The van der Waals surface area contributed by atoms with Crippen LogP contribution in [-0.4, -0.2) is 17.2 Å². The molecule has 1 atom stereocenters. The molecule has 0 spiro atoms. The second-order valence-electron chi connectivity index (χ2n) is 2.53. The smallest absolute Gasteiger partial charge is 0.340 e. The molecule has 0 heterocycles. The van der Waals surface area contributed by atoms with Gasteiger partial charge in [0.05, 0.1) is 4.47 Å². The first-order valence-electron chi connectivity index (χ1n) is 3.75. The second kappa shape index (κ2) is 4.39. The van der Waals surface area contributed by atoms with Crippen LogP contribution in [0.4, 0.5) is 0 Å². The highest BCUT2D eigenvalue weighted by Gasteiger charge is 2.12. The van der Waals surface area contributed by atoms with E-state index in [1.807, 2.05) is 6.07 Å². The van der Waals surface area contributed by atoms with Gasteiger partial charge in [-0.1, -0.05) is 12.1 Å². The largest absolute Gasteiger partial charge is 0.423 e. The molecule has 4 heteroatoms. The number of benzene rings is 1. The Labute approximate surface area is 84.5 Å². The number of aliphatic hydroxyl groups excluding tert-OH is 1. The number of esters is 1. The molecule has 0 aliphatic heterocycles. The van der Waals surface area contributed by atoms with Crippen molar-refractivity contribution in [2.24, 2.45) is 0 Å². The highest BCUT2D eigenvalue weighted by molar-refractivity contribution is 9.10. The first kappa shape index (κ1) is 10.2. The zero-order valence-electron chi connectivity index (χ0n) is 7.03. The zero-order valence-corrected chi connectivity index (χ0v) is 8.61. The number of carbonyl (C=O) groups excluding carboxylic acids is 1. The van der Waals surface area contributed by atoms with Gasteiger partial charge in [-0.2, -0.15) is 0 Å². The van der Waals surface area contributed by atoms with E-state index < -0.39 is 12.1 Å². The van der Waals surface area contributed by atoms with Crippen LogP contribution in [0.15, 0.2) is 28.7 Å². The molecular weight excluding hydrogens is 236 g/mol. The van der Waals surface area contributed by atoms with Gasteiger partial charge >= 0.3 is 5.97 Å². The standard InChI is InChI=1S/C9H9BrO3/c1-6(11)9(12)13-8-5-3-2-4-7(8)10/h2-6,11H,1H3/t6-/m1/s1. The summed E-state index contributed by atoms with van der Waals surface area (Å²) in [4.78, 5) is 11.0. The lowest BCUT2D eigenvalue weighted by Crippen LogP contribution is -2.22. The number of para-hydroxylation sites is 1. The monoisotopic (exact) mass is 244 g/mol. The molecule has 0 aliphatic carbocycles. The van der Waals surface area contributed by atoms with E-state index in [-0.39, 0.29) is 0 Å². The summed E-state index contributed by atoms with van der Waals surface area (Å²) >= 11 is 3.22. The first-order valence-corrected chi connectivity index (χ1v) is 4.55. The van der Waals surface area contributed by atoms with Gasteiger partial charge in [0.25, 0.3) is 0 Å². The minimum atomic E-state index is -1.10. The van der Waals surface area contributed by atoms with Crippen molar-refractivity contribution in [3.05, 3.63) is 28.7 Å². The number of ether oxygens (including phenoxy) is 1. The van der Waals surface area contributed by atoms with Crippen LogP contribution in [0.25, 0.3) is 0 Å². The second-order valence-corrected chi connectivity index (χ2v) is 3.38. The Morgan fingerprint density at radius 2 is 2.15 bits per heavy atom. The van der Waals surface area contributed by atoms with Crippen LogP contribution >= 0.6 is 15.9 Å². The molecule has 0 amide bonds. The maximum absolute atomic E-state index is 11.0. The molecule has 0 unspecified atom stereocenters. The fourth-order valence-electron chi connectivity index (χ4n) is 0.721. The van der Waals surface area contributed by atoms with Gasteiger partial charge in [0.1, 0.15) is 11.9 Å². The van der Waals surface area contributed by atoms with E-state index in [0.717, 1.165) is 0 Å². The quantitative estimate of drug-likeness (QED) is 0.637. The Hall–Kier alpha value is -0.870. The summed E-state index contributed by atoms with van der Waals surface area (Å²) in [6.45, 7) is 1.36. The normalized spacial score (nSPS) is 12.2. The molecule has 0 fully saturated rings. The number of aliphatic hydroxyl groups is 1. The van der Waals surface area contributed by atoms with Crippen molar-refractivity contribution in [1.29, 1.82) is 0 Å². The average molecular weight is 245 g/mol. The van der Waals surface area contributed by atoms with E-state index in [0.29, 0.717) is 10.2 Å². The molecule has 70 valence electrons. The van der Waals surface area contributed by atoms with Gasteiger partial charge in [-0.05, 0) is 35.0 Å². The van der Waals surface area contributed by atoms with Crippen LogP contribution in [0, 0.1) is 0 Å². The predicted molar refractivity (Wildman–Crippen MR) is 51.5 cm³/mol. The van der Waals surface area contributed by atoms with Crippen LogP contribution in [0.3, 0.4) is 0 Å². The summed E-state index contributed by atoms with van der Waals surface area (Å²) in [6.07, 6.45) is -1.10. The zero-order chi connectivity index (χ0) is 9.84. The lowest BCUT2D eigenvalue weighted by atomic mass is 10.3. The predicted octanol–water partition coefficient (Wildman–Crippen LogP) is 1.74. The summed E-state index contributed by atoms with van der Waals surface area (Å²) in [6, 6.07) is 6.95. The fourth-order valence-corrected chi connectivity index (χ4v) is 1.09. The maximum Gasteiger partial charge on any atom is 0.340 e. The molecule has 0 aromatic heterocycles. The van der Waals surface area contributed by atoms with Gasteiger partial charge in [-0.25, -0.2) is 4.79 Å². The first-order chi connectivity index (χ1) is 6.11. The summed E-state index contributed by atoms with van der Waals surface area (Å²) in [5.41, 5.74) is 0. The minimum Gasteiger partial charge on any atom is -0.423 e. The fraction of sp³-hybridized carbons (Fsp3) is 0.222. The van der Waals surface area contributed by atoms with Gasteiger partial charge in [-0.3, -0.25) is 0 Å². The molecule has 0 saturated heterocycles. The number of hydrogen-bond acceptors (Lipinski definition) is 3. The Kier molecular flexibility index (Phi) is 3.45. The van der Waals surface area contributed by atoms with Gasteiger partial charge in [0.2, 0.25) is 0 Å². The van der Waals surface area contributed by atoms with E-state index in [1.165, 1.54) is 6.92 Å². The van der Waals surface area contributed by atoms with Crippen LogP contribution in [0.2, 0.25) is 0 Å². The summed E-state index contributed by atoms with van der Waals surface area (Å²) in [5, 5.41) is 8.88. The van der Waals surface area contributed by atoms with Crippen molar-refractivity contribution >= 4 is 21.9 Å². The number of halogens is 1. The number of hydrogen-bond donors (Lipinski definition) is 1. The van der Waals surface area contributed by atoms with E-state index >= 15 is 0 Å². The van der Waals surface area contributed by atoms with Crippen molar-refractivity contribution in [3.63, 3.8) is 0 Å². The maximum atomic E-state index is 11.0. The Morgan fingerprint density at radius 1 is 1.54 bits per heavy atom. The highest BCUT2D eigenvalue weighted by atomic mass is 79.9. The molecule has 1 aromatic carbocycles. The summed E-state index contributed by atoms with van der Waals surface area (Å²) in [5.74, 6) is -0.250. The van der Waals surface area contributed by atoms with E-state index in [1.54, 1.807) is 18.2 Å². The molecule has 3 nitrogen and oxygen atoms in total. The molecule has 0 aliphatic rings. The van der Waals surface area contributed by atoms with Gasteiger partial charge in [0, 0.05) is 0 Å². The number of rotatable bonds is 2.